The molecular formula is C22H30O3S. The fraction of sp³-hybridized carbons (Fsp3) is 0.455. The van der Waals surface area contributed by atoms with Gasteiger partial charge in [-0.3, -0.25) is 0 Å². The number of benzene rings is 2. The number of rotatable bonds is 11. The Hall–Kier alpha value is -1.81. The second kappa shape index (κ2) is 10.4. The fourth-order valence-corrected chi connectivity index (χ4v) is 3.95. The Balaban J connectivity index is 2.22. The Morgan fingerprint density at radius 3 is 2.12 bits per heavy atom. The van der Waals surface area contributed by atoms with Crippen LogP contribution < -0.4 is 4.18 Å². The third-order valence-electron chi connectivity index (χ3n) is 4.47. The van der Waals surface area contributed by atoms with E-state index in [0.29, 0.717) is 5.75 Å². The van der Waals surface area contributed by atoms with Crippen LogP contribution in [0.25, 0.3) is 0 Å². The molecule has 0 spiro atoms. The average Bonchev–Trinajstić information content (AvgIpc) is 2.64. The zero-order valence-electron chi connectivity index (χ0n) is 15.9. The minimum atomic E-state index is -3.80. The standard InChI is InChI=1S/C22H30O3S/c1-3-5-8-12-19-16-17-22(20(18-19)13-9-6-4-2)25-26(23,24)21-14-10-7-11-15-21/h7,10-11,14-18H,3-6,8-9,12-13H2,1-2H3. The van der Waals surface area contributed by atoms with Gasteiger partial charge in [-0.1, -0.05) is 69.9 Å². The summed E-state index contributed by atoms with van der Waals surface area (Å²) < 4.78 is 30.6. The smallest absolute Gasteiger partial charge is 0.339 e. The molecule has 0 N–H and O–H groups in total. The Kier molecular flexibility index (Phi) is 8.17. The van der Waals surface area contributed by atoms with Crippen LogP contribution in [0, 0.1) is 0 Å². The van der Waals surface area contributed by atoms with Crippen molar-refractivity contribution in [2.75, 3.05) is 0 Å². The lowest BCUT2D eigenvalue weighted by Gasteiger charge is -2.13. The molecule has 2 aromatic carbocycles. The zero-order valence-corrected chi connectivity index (χ0v) is 16.7. The van der Waals surface area contributed by atoms with E-state index in [1.165, 1.54) is 18.4 Å². The minimum Gasteiger partial charge on any atom is -0.379 e. The van der Waals surface area contributed by atoms with Crippen molar-refractivity contribution in [1.82, 2.24) is 0 Å². The van der Waals surface area contributed by atoms with Crippen molar-refractivity contribution in [2.24, 2.45) is 0 Å². The van der Waals surface area contributed by atoms with Gasteiger partial charge >= 0.3 is 10.1 Å². The quantitative estimate of drug-likeness (QED) is 0.362. The van der Waals surface area contributed by atoms with Crippen molar-refractivity contribution in [3.8, 4) is 5.75 Å². The molecule has 26 heavy (non-hydrogen) atoms. The molecule has 2 aromatic rings. The van der Waals surface area contributed by atoms with Gasteiger partial charge in [0.15, 0.2) is 0 Å². The van der Waals surface area contributed by atoms with Crippen molar-refractivity contribution in [3.63, 3.8) is 0 Å². The van der Waals surface area contributed by atoms with Crippen molar-refractivity contribution in [1.29, 1.82) is 0 Å². The summed E-state index contributed by atoms with van der Waals surface area (Å²) in [5, 5.41) is 0. The summed E-state index contributed by atoms with van der Waals surface area (Å²) in [7, 11) is -3.80. The van der Waals surface area contributed by atoms with Gasteiger partial charge < -0.3 is 4.18 Å². The summed E-state index contributed by atoms with van der Waals surface area (Å²) in [6, 6.07) is 14.3. The molecule has 142 valence electrons. The molecule has 0 amide bonds. The van der Waals surface area contributed by atoms with E-state index in [1.807, 2.05) is 12.1 Å². The summed E-state index contributed by atoms with van der Waals surface area (Å²) in [5.74, 6) is 0.462. The molecular weight excluding hydrogens is 344 g/mol. The summed E-state index contributed by atoms with van der Waals surface area (Å²) in [6.45, 7) is 4.36. The highest BCUT2D eigenvalue weighted by Gasteiger charge is 2.18. The third-order valence-corrected chi connectivity index (χ3v) is 5.72. The zero-order chi connectivity index (χ0) is 18.8. The predicted octanol–water partition coefficient (Wildman–Crippen LogP) is 5.92. The third kappa shape index (κ3) is 6.17. The Morgan fingerprint density at radius 2 is 1.46 bits per heavy atom. The highest BCUT2D eigenvalue weighted by atomic mass is 32.2. The van der Waals surface area contributed by atoms with Crippen molar-refractivity contribution >= 4 is 10.1 Å². The molecule has 2 rings (SSSR count). The maximum Gasteiger partial charge on any atom is 0.339 e. The van der Waals surface area contributed by atoms with Crippen LogP contribution in [0.5, 0.6) is 5.75 Å². The van der Waals surface area contributed by atoms with Gasteiger partial charge in [0.05, 0.1) is 0 Å². The Labute approximate surface area is 158 Å². The van der Waals surface area contributed by atoms with Gasteiger partial charge in [0, 0.05) is 0 Å². The number of aryl methyl sites for hydroxylation is 2. The maximum absolute atomic E-state index is 12.6. The number of hydrogen-bond acceptors (Lipinski definition) is 3. The van der Waals surface area contributed by atoms with Crippen LogP contribution in [0.4, 0.5) is 0 Å². The fourth-order valence-electron chi connectivity index (χ4n) is 2.96. The second-order valence-corrected chi connectivity index (χ2v) is 8.25. The Bertz CT molecular complexity index is 767. The lowest BCUT2D eigenvalue weighted by Crippen LogP contribution is -2.11. The van der Waals surface area contributed by atoms with Crippen LogP contribution in [0.3, 0.4) is 0 Å². The van der Waals surface area contributed by atoms with E-state index in [0.717, 1.165) is 44.1 Å². The van der Waals surface area contributed by atoms with Gasteiger partial charge in [0.25, 0.3) is 0 Å². The lowest BCUT2D eigenvalue weighted by molar-refractivity contribution is 0.481. The molecule has 0 saturated carbocycles. The minimum absolute atomic E-state index is 0.187. The van der Waals surface area contributed by atoms with Gasteiger partial charge in [-0.05, 0) is 55.0 Å². The van der Waals surface area contributed by atoms with Crippen molar-refractivity contribution in [2.45, 2.75) is 70.1 Å². The molecule has 0 heterocycles. The van der Waals surface area contributed by atoms with Crippen LogP contribution >= 0.6 is 0 Å². The largest absolute Gasteiger partial charge is 0.379 e. The van der Waals surface area contributed by atoms with E-state index in [2.05, 4.69) is 19.9 Å². The lowest BCUT2D eigenvalue weighted by atomic mass is 10.0. The molecule has 0 saturated heterocycles. The van der Waals surface area contributed by atoms with Crippen LogP contribution in [0.15, 0.2) is 53.4 Å². The van der Waals surface area contributed by atoms with Gasteiger partial charge in [-0.2, -0.15) is 8.42 Å². The normalized spacial score (nSPS) is 11.5. The SMILES string of the molecule is CCCCCc1ccc(OS(=O)(=O)c2ccccc2)c(CCCCC)c1. The topological polar surface area (TPSA) is 43.4 Å². The van der Waals surface area contributed by atoms with Crippen LogP contribution in [0.2, 0.25) is 0 Å². The maximum atomic E-state index is 12.6. The van der Waals surface area contributed by atoms with Crippen LogP contribution in [-0.4, -0.2) is 8.42 Å². The molecule has 0 bridgehead atoms. The number of unbranched alkanes of at least 4 members (excludes halogenated alkanes) is 4. The van der Waals surface area contributed by atoms with E-state index in [-0.39, 0.29) is 4.90 Å². The summed E-state index contributed by atoms with van der Waals surface area (Å²) >= 11 is 0. The molecule has 4 heteroatoms. The van der Waals surface area contributed by atoms with Gasteiger partial charge in [0.2, 0.25) is 0 Å². The highest BCUT2D eigenvalue weighted by molar-refractivity contribution is 7.87. The molecule has 0 fully saturated rings. The first-order valence-electron chi connectivity index (χ1n) is 9.68. The summed E-state index contributed by atoms with van der Waals surface area (Å²) in [6.07, 6.45) is 8.74. The molecule has 0 atom stereocenters. The van der Waals surface area contributed by atoms with E-state index in [9.17, 15) is 8.42 Å². The van der Waals surface area contributed by atoms with Crippen LogP contribution in [-0.2, 0) is 23.0 Å². The Morgan fingerprint density at radius 1 is 0.808 bits per heavy atom. The molecule has 0 aliphatic carbocycles. The van der Waals surface area contributed by atoms with Crippen molar-refractivity contribution < 1.29 is 12.6 Å². The van der Waals surface area contributed by atoms with E-state index < -0.39 is 10.1 Å². The molecule has 3 nitrogen and oxygen atoms in total. The molecule has 0 radical (unpaired) electrons. The molecule has 0 aromatic heterocycles. The highest BCUT2D eigenvalue weighted by Crippen LogP contribution is 2.27. The molecule has 0 aliphatic heterocycles. The van der Waals surface area contributed by atoms with E-state index in [4.69, 9.17) is 4.18 Å². The first-order valence-corrected chi connectivity index (χ1v) is 11.1. The summed E-state index contributed by atoms with van der Waals surface area (Å²) in [5.41, 5.74) is 2.25. The molecule has 0 aliphatic rings. The van der Waals surface area contributed by atoms with Crippen LogP contribution in [0.1, 0.15) is 63.5 Å². The summed E-state index contributed by atoms with van der Waals surface area (Å²) in [4.78, 5) is 0.187. The average molecular weight is 375 g/mol. The first kappa shape index (κ1) is 20.5. The second-order valence-electron chi connectivity index (χ2n) is 6.71. The van der Waals surface area contributed by atoms with Crippen molar-refractivity contribution in [3.05, 3.63) is 59.7 Å². The van der Waals surface area contributed by atoms with Gasteiger partial charge in [-0.15, -0.1) is 0 Å². The van der Waals surface area contributed by atoms with Gasteiger partial charge in [0.1, 0.15) is 10.6 Å². The molecule has 0 unspecified atom stereocenters. The monoisotopic (exact) mass is 374 g/mol. The predicted molar refractivity (Wildman–Crippen MR) is 107 cm³/mol. The first-order chi connectivity index (χ1) is 12.6. The number of hydrogen-bond donors (Lipinski definition) is 0. The van der Waals surface area contributed by atoms with E-state index >= 15 is 0 Å². The van der Waals surface area contributed by atoms with Gasteiger partial charge in [-0.25, -0.2) is 0 Å². The van der Waals surface area contributed by atoms with E-state index in [1.54, 1.807) is 30.3 Å².